The van der Waals surface area contributed by atoms with Gasteiger partial charge < -0.3 is 39.0 Å². The number of fused-ring (bicyclic) bond motifs is 8. The Hall–Kier alpha value is -5.11. The van der Waals surface area contributed by atoms with E-state index in [9.17, 15) is 32.3 Å². The van der Waals surface area contributed by atoms with Crippen LogP contribution in [0.3, 0.4) is 0 Å². The molecule has 3 N–H and O–H groups in total. The van der Waals surface area contributed by atoms with Crippen molar-refractivity contribution in [2.45, 2.75) is 95.8 Å². The third-order valence-corrected chi connectivity index (χ3v) is 15.9. The van der Waals surface area contributed by atoms with Gasteiger partial charge in [0, 0.05) is 84.5 Å². The van der Waals surface area contributed by atoms with Crippen molar-refractivity contribution in [3.63, 3.8) is 0 Å². The number of cyclic esters (lactones) is 1. The van der Waals surface area contributed by atoms with E-state index < -0.39 is 62.5 Å². The first-order chi connectivity index (χ1) is 30.8. The molecule has 5 atom stereocenters. The molecular weight excluding hydrogens is 862 g/mol. The van der Waals surface area contributed by atoms with E-state index in [0.29, 0.717) is 79.0 Å². The minimum absolute atomic E-state index is 0.0873. The number of hydrazine groups is 1. The summed E-state index contributed by atoms with van der Waals surface area (Å²) in [6.45, 7) is 13.6. The van der Waals surface area contributed by atoms with E-state index in [4.69, 9.17) is 19.6 Å². The van der Waals surface area contributed by atoms with Crippen molar-refractivity contribution in [2.75, 3.05) is 57.4 Å². The van der Waals surface area contributed by atoms with Gasteiger partial charge in [-0.05, 0) is 73.7 Å². The number of esters is 1. The Kier molecular flexibility index (Phi) is 12.8. The number of aromatic nitrogens is 2. The molecule has 0 saturated carbocycles. The van der Waals surface area contributed by atoms with Crippen LogP contribution in [0.2, 0.25) is 6.04 Å². The number of hydrogen-bond acceptors (Lipinski definition) is 11. The number of hydrogen-bond donors (Lipinski definition) is 3. The van der Waals surface area contributed by atoms with E-state index in [1.807, 2.05) is 33.8 Å². The Morgan fingerprint density at radius 1 is 1.15 bits per heavy atom. The molecular formula is C46H58F3N8O7Si. The summed E-state index contributed by atoms with van der Waals surface area (Å²) in [6, 6.07) is 9.05. The normalized spacial score (nSPS) is 25.6. The van der Waals surface area contributed by atoms with Gasteiger partial charge in [-0.25, -0.2) is 10.2 Å². The predicted octanol–water partition coefficient (Wildman–Crippen LogP) is 5.74. The molecule has 15 nitrogen and oxygen atoms in total. The fourth-order valence-corrected chi connectivity index (χ4v) is 12.2. The number of likely N-dealkylation sites (tertiary alicyclic amines) is 1. The van der Waals surface area contributed by atoms with Gasteiger partial charge in [0.1, 0.15) is 12.1 Å². The molecule has 1 aromatic carbocycles. The maximum Gasteiger partial charge on any atom is 0.406 e. The van der Waals surface area contributed by atoms with Crippen LogP contribution in [-0.4, -0.2) is 134 Å². The number of benzene rings is 1. The summed E-state index contributed by atoms with van der Waals surface area (Å²) in [5.74, 6) is -3.21. The quantitative estimate of drug-likeness (QED) is 0.104. The molecule has 1 aliphatic carbocycles. The number of carbonyl (C=O) groups is 4. The minimum atomic E-state index is -4.57. The number of amides is 3. The molecule has 8 rings (SSSR count). The van der Waals surface area contributed by atoms with E-state index in [1.54, 1.807) is 42.3 Å². The molecule has 2 unspecified atom stereocenters. The van der Waals surface area contributed by atoms with Gasteiger partial charge in [-0.2, -0.15) is 13.2 Å². The fraction of sp³-hybridized carbons (Fsp3) is 0.565. The van der Waals surface area contributed by atoms with Gasteiger partial charge in [-0.1, -0.05) is 34.3 Å². The number of nitrogens with one attached hydrogen (secondary N) is 3. The average Bonchev–Trinajstić information content (AvgIpc) is 3.56. The summed E-state index contributed by atoms with van der Waals surface area (Å²) in [5.41, 5.74) is 3.63. The van der Waals surface area contributed by atoms with Crippen molar-refractivity contribution in [3.05, 3.63) is 60.4 Å². The van der Waals surface area contributed by atoms with Crippen LogP contribution in [0.4, 0.5) is 23.7 Å². The number of alkyl halides is 3. The molecule has 4 aliphatic heterocycles. The van der Waals surface area contributed by atoms with Crippen LogP contribution in [0.5, 0.6) is 0 Å². The summed E-state index contributed by atoms with van der Waals surface area (Å²) in [6.07, 6.45) is -0.399. The Balaban J connectivity index is 1.18. The molecule has 6 heterocycles. The molecule has 3 amide bonds. The van der Waals surface area contributed by atoms with Gasteiger partial charge in [0.2, 0.25) is 17.3 Å². The summed E-state index contributed by atoms with van der Waals surface area (Å²) in [7, 11) is -2.48. The summed E-state index contributed by atoms with van der Waals surface area (Å²) >= 11 is 0. The molecule has 5 aliphatic rings. The van der Waals surface area contributed by atoms with E-state index >= 15 is 0 Å². The largest absolute Gasteiger partial charge is 0.464 e. The van der Waals surface area contributed by atoms with Crippen molar-refractivity contribution < 1.29 is 46.6 Å². The standard InChI is InChI=1S/C46H58F3N8O7Si/c1-7-36(58)55-20-29(21-55)63-23-34(27(2)3)41(59)52-65-24-30-22-54(16-17-62-30)28-11-12-35-32(18-28)37-38(44(4,5)26-64-42(60)45(6)13-9-15-57(53-45)43(65)61)33(19-50)39-31(10-8-14-51-39)40(37)56(35)25-46(47,48)49/h7-8,10-12,14,18-19,27,29-30,33-34,38,50,53H,1,9,13,15-17,20-26H2,2-6H3,(H,52,59)/t30-,33+,34+,38?,45?/m1/s1. The average molecular weight is 920 g/mol. The molecule has 6 bridgehead atoms. The zero-order valence-electron chi connectivity index (χ0n) is 37.5. The first-order valence-electron chi connectivity index (χ1n) is 22.3. The lowest BCUT2D eigenvalue weighted by Crippen LogP contribution is -2.67. The van der Waals surface area contributed by atoms with Crippen molar-refractivity contribution in [1.82, 2.24) is 29.9 Å². The summed E-state index contributed by atoms with van der Waals surface area (Å²) < 4.78 is 63.7. The van der Waals surface area contributed by atoms with Gasteiger partial charge in [-0.3, -0.25) is 24.4 Å². The minimum Gasteiger partial charge on any atom is -0.464 e. The van der Waals surface area contributed by atoms with Crippen LogP contribution < -0.4 is 15.3 Å². The van der Waals surface area contributed by atoms with Crippen LogP contribution in [0.1, 0.15) is 70.6 Å². The number of ether oxygens (including phenoxy) is 3. The first-order valence-corrected chi connectivity index (χ1v) is 24.0. The molecule has 3 aromatic rings. The van der Waals surface area contributed by atoms with Crippen molar-refractivity contribution in [1.29, 1.82) is 5.41 Å². The lowest BCUT2D eigenvalue weighted by atomic mass is 9.64. The highest BCUT2D eigenvalue weighted by atomic mass is 28.3. The second-order valence-electron chi connectivity index (χ2n) is 19.2. The SMILES string of the molecule is C=CC(=O)N1CC(OC[C@H](C(=O)N[Si]2C[C@H]3CN(CCO3)c3ccc4c(c3)c3c(n4CC(F)(F)F)-c4cccnc4[C@@H](C=N)C3C(C)(C)COC(=O)C3(C)CCCN(N3)C2=O)C(C)C)C1. The number of carbonyl (C=O) groups excluding carboxylic acids is 4. The Morgan fingerprint density at radius 3 is 2.63 bits per heavy atom. The molecule has 1 radical (unpaired) electrons. The monoisotopic (exact) mass is 919 g/mol. The second-order valence-corrected chi connectivity index (χ2v) is 21.2. The first kappa shape index (κ1) is 46.4. The zero-order chi connectivity index (χ0) is 46.6. The fourth-order valence-electron chi connectivity index (χ4n) is 10.2. The van der Waals surface area contributed by atoms with Gasteiger partial charge in [0.15, 0.2) is 0 Å². The van der Waals surface area contributed by atoms with E-state index in [2.05, 4.69) is 26.9 Å². The smallest absolute Gasteiger partial charge is 0.406 e. The van der Waals surface area contributed by atoms with Crippen LogP contribution in [0.25, 0.3) is 22.2 Å². The highest BCUT2D eigenvalue weighted by molar-refractivity contribution is 6.89. The van der Waals surface area contributed by atoms with Gasteiger partial charge in [0.25, 0.3) is 8.96 Å². The van der Waals surface area contributed by atoms with Gasteiger partial charge in [-0.15, -0.1) is 0 Å². The molecule has 3 saturated heterocycles. The van der Waals surface area contributed by atoms with E-state index in [-0.39, 0.29) is 55.2 Å². The molecule has 349 valence electrons. The second kappa shape index (κ2) is 17.9. The van der Waals surface area contributed by atoms with E-state index in [1.165, 1.54) is 21.9 Å². The Morgan fingerprint density at radius 2 is 1.92 bits per heavy atom. The van der Waals surface area contributed by atoms with E-state index in [0.717, 1.165) is 5.69 Å². The molecule has 65 heavy (non-hydrogen) atoms. The summed E-state index contributed by atoms with van der Waals surface area (Å²) in [4.78, 5) is 66.8. The molecule has 2 aromatic heterocycles. The summed E-state index contributed by atoms with van der Waals surface area (Å²) in [5, 5.41) is 10.8. The highest BCUT2D eigenvalue weighted by Gasteiger charge is 2.49. The van der Waals surface area contributed by atoms with Crippen LogP contribution in [0, 0.1) is 22.7 Å². The third kappa shape index (κ3) is 9.08. The molecule has 0 spiro atoms. The Labute approximate surface area is 378 Å². The van der Waals surface area contributed by atoms with Gasteiger partial charge in [0.05, 0.1) is 49.3 Å². The lowest BCUT2D eigenvalue weighted by Gasteiger charge is -2.44. The van der Waals surface area contributed by atoms with Crippen LogP contribution in [-0.2, 0) is 35.1 Å². The van der Waals surface area contributed by atoms with Crippen molar-refractivity contribution >= 4 is 55.1 Å². The number of rotatable bonds is 9. The number of morpholine rings is 1. The molecule has 3 fully saturated rings. The zero-order valence-corrected chi connectivity index (χ0v) is 38.5. The predicted molar refractivity (Wildman–Crippen MR) is 239 cm³/mol. The van der Waals surface area contributed by atoms with Crippen molar-refractivity contribution in [3.8, 4) is 11.3 Å². The van der Waals surface area contributed by atoms with Crippen LogP contribution >= 0.6 is 0 Å². The van der Waals surface area contributed by atoms with Crippen molar-refractivity contribution in [2.24, 2.45) is 17.3 Å². The van der Waals surface area contributed by atoms with Gasteiger partial charge >= 0.3 is 12.1 Å². The third-order valence-electron chi connectivity index (χ3n) is 13.7. The maximum atomic E-state index is 14.8. The topological polar surface area (TPSA) is 171 Å². The number of halogens is 3. The number of pyridine rings is 1. The lowest BCUT2D eigenvalue weighted by molar-refractivity contribution is -0.158. The van der Waals surface area contributed by atoms with Crippen LogP contribution in [0.15, 0.2) is 49.2 Å². The molecule has 19 heteroatoms. The number of nitrogens with zero attached hydrogens (tertiary/aromatic N) is 5. The maximum absolute atomic E-state index is 14.8. The number of anilines is 1. The highest BCUT2D eigenvalue weighted by Crippen LogP contribution is 2.56. The Bertz CT molecular complexity index is 2370.